The Bertz CT molecular complexity index is 647. The molecular formula is C21H27N3O. The van der Waals surface area contributed by atoms with Crippen LogP contribution >= 0.6 is 0 Å². The zero-order chi connectivity index (χ0) is 17.7. The fraction of sp³-hybridized carbons (Fsp3) is 0.381. The van der Waals surface area contributed by atoms with Gasteiger partial charge in [0.25, 0.3) is 0 Å². The quantitative estimate of drug-likeness (QED) is 0.812. The molecule has 0 aromatic heterocycles. The molecule has 3 rings (SSSR count). The summed E-state index contributed by atoms with van der Waals surface area (Å²) in [7, 11) is 1.97. The lowest BCUT2D eigenvalue weighted by Gasteiger charge is -2.37. The number of primary amides is 1. The highest BCUT2D eigenvalue weighted by Gasteiger charge is 2.49. The second-order valence-corrected chi connectivity index (χ2v) is 6.79. The van der Waals surface area contributed by atoms with E-state index in [0.29, 0.717) is 0 Å². The van der Waals surface area contributed by atoms with Crippen LogP contribution < -0.4 is 11.1 Å². The lowest BCUT2D eigenvalue weighted by atomic mass is 9.64. The number of nitrogens with two attached hydrogens (primary N) is 1. The van der Waals surface area contributed by atoms with Crippen LogP contribution in [0.15, 0.2) is 60.7 Å². The molecule has 2 aromatic carbocycles. The van der Waals surface area contributed by atoms with Gasteiger partial charge in [0.05, 0.1) is 0 Å². The number of carbonyl (C=O) groups excluding carboxylic acids is 1. The average molecular weight is 337 g/mol. The largest absolute Gasteiger partial charge is 0.369 e. The molecule has 0 saturated carbocycles. The summed E-state index contributed by atoms with van der Waals surface area (Å²) in [4.78, 5) is 15.3. The lowest BCUT2D eigenvalue weighted by Crippen LogP contribution is -2.49. The monoisotopic (exact) mass is 337 g/mol. The summed E-state index contributed by atoms with van der Waals surface area (Å²) in [5.74, 6) is -0.0861. The Labute approximate surface area is 150 Å². The number of hydrogen-bond donors (Lipinski definition) is 2. The van der Waals surface area contributed by atoms with Crippen LogP contribution in [0.1, 0.15) is 17.5 Å². The van der Waals surface area contributed by atoms with Gasteiger partial charge in [0.1, 0.15) is 5.41 Å². The first-order valence-corrected chi connectivity index (χ1v) is 8.97. The number of nitrogens with zero attached hydrogens (tertiary/aromatic N) is 1. The van der Waals surface area contributed by atoms with E-state index in [0.717, 1.165) is 43.7 Å². The Morgan fingerprint density at radius 3 is 2.16 bits per heavy atom. The Hall–Kier alpha value is -2.17. The molecule has 1 fully saturated rings. The van der Waals surface area contributed by atoms with E-state index in [2.05, 4.69) is 10.2 Å². The molecule has 132 valence electrons. The van der Waals surface area contributed by atoms with Gasteiger partial charge in [-0.25, -0.2) is 0 Å². The summed E-state index contributed by atoms with van der Waals surface area (Å²) in [6.45, 7) is 3.83. The van der Waals surface area contributed by atoms with Crippen LogP contribution in [0.2, 0.25) is 0 Å². The van der Waals surface area contributed by atoms with Gasteiger partial charge in [0, 0.05) is 19.6 Å². The predicted molar refractivity (Wildman–Crippen MR) is 101 cm³/mol. The van der Waals surface area contributed by atoms with Crippen LogP contribution in [0.25, 0.3) is 0 Å². The van der Waals surface area contributed by atoms with Crippen LogP contribution in [0.5, 0.6) is 0 Å². The summed E-state index contributed by atoms with van der Waals surface area (Å²) in [5.41, 5.74) is 7.30. The molecule has 0 radical (unpaired) electrons. The van der Waals surface area contributed by atoms with Crippen LogP contribution in [0.3, 0.4) is 0 Å². The molecule has 25 heavy (non-hydrogen) atoms. The molecule has 0 spiro atoms. The van der Waals surface area contributed by atoms with Gasteiger partial charge in [0.2, 0.25) is 5.91 Å². The van der Waals surface area contributed by atoms with Gasteiger partial charge < -0.3 is 16.0 Å². The van der Waals surface area contributed by atoms with E-state index < -0.39 is 5.41 Å². The first-order chi connectivity index (χ1) is 12.2. The molecule has 0 bridgehead atoms. The average Bonchev–Trinajstić information content (AvgIpc) is 3.11. The molecule has 4 heteroatoms. The van der Waals surface area contributed by atoms with Crippen molar-refractivity contribution in [1.29, 1.82) is 0 Å². The normalized spacial score (nSPS) is 18.4. The SMILES string of the molecule is CNCCN1CCC(C(C(N)=O)(c2ccccc2)c2ccccc2)C1. The van der Waals surface area contributed by atoms with Crippen molar-refractivity contribution in [3.8, 4) is 0 Å². The van der Waals surface area contributed by atoms with Crippen molar-refractivity contribution in [1.82, 2.24) is 10.2 Å². The van der Waals surface area contributed by atoms with Crippen molar-refractivity contribution < 1.29 is 4.79 Å². The number of carbonyl (C=O) groups is 1. The first-order valence-electron chi connectivity index (χ1n) is 8.97. The third-order valence-electron chi connectivity index (χ3n) is 5.41. The zero-order valence-corrected chi connectivity index (χ0v) is 14.8. The molecule has 1 unspecified atom stereocenters. The highest BCUT2D eigenvalue weighted by Crippen LogP contribution is 2.43. The second kappa shape index (κ2) is 7.81. The lowest BCUT2D eigenvalue weighted by molar-refractivity contribution is -0.123. The molecule has 1 amide bonds. The number of likely N-dealkylation sites (tertiary alicyclic amines) is 1. The minimum absolute atomic E-state index is 0.173. The molecule has 4 nitrogen and oxygen atoms in total. The maximum atomic E-state index is 12.9. The van der Waals surface area contributed by atoms with E-state index >= 15 is 0 Å². The zero-order valence-electron chi connectivity index (χ0n) is 14.8. The van der Waals surface area contributed by atoms with Crippen LogP contribution in [0, 0.1) is 5.92 Å². The maximum absolute atomic E-state index is 12.9. The number of amides is 1. The van der Waals surface area contributed by atoms with Crippen LogP contribution in [0.4, 0.5) is 0 Å². The molecule has 1 aliphatic heterocycles. The van der Waals surface area contributed by atoms with Gasteiger partial charge in [0.15, 0.2) is 0 Å². The van der Waals surface area contributed by atoms with Crippen molar-refractivity contribution in [3.63, 3.8) is 0 Å². The third kappa shape index (κ3) is 3.32. The Kier molecular flexibility index (Phi) is 5.51. The number of hydrogen-bond acceptors (Lipinski definition) is 3. The Balaban J connectivity index is 2.05. The Morgan fingerprint density at radius 1 is 1.12 bits per heavy atom. The van der Waals surface area contributed by atoms with Gasteiger partial charge in [-0.05, 0) is 37.1 Å². The smallest absolute Gasteiger partial charge is 0.232 e. The topological polar surface area (TPSA) is 58.4 Å². The van der Waals surface area contributed by atoms with Crippen molar-refractivity contribution in [2.45, 2.75) is 11.8 Å². The number of rotatable bonds is 7. The van der Waals surface area contributed by atoms with Gasteiger partial charge in [-0.15, -0.1) is 0 Å². The molecule has 1 aliphatic rings. The molecule has 1 saturated heterocycles. The van der Waals surface area contributed by atoms with Gasteiger partial charge in [-0.2, -0.15) is 0 Å². The van der Waals surface area contributed by atoms with E-state index in [1.807, 2.05) is 67.7 Å². The fourth-order valence-electron chi connectivity index (χ4n) is 4.18. The van der Waals surface area contributed by atoms with Crippen LogP contribution in [-0.4, -0.2) is 44.0 Å². The first kappa shape index (κ1) is 17.6. The van der Waals surface area contributed by atoms with E-state index in [1.165, 1.54) is 0 Å². The molecule has 1 atom stereocenters. The number of likely N-dealkylation sites (N-methyl/N-ethyl adjacent to an activating group) is 1. The predicted octanol–water partition coefficient (Wildman–Crippen LogP) is 2.00. The van der Waals surface area contributed by atoms with Gasteiger partial charge >= 0.3 is 0 Å². The van der Waals surface area contributed by atoms with Crippen molar-refractivity contribution in [2.24, 2.45) is 11.7 Å². The molecule has 1 heterocycles. The minimum atomic E-state index is -0.781. The van der Waals surface area contributed by atoms with E-state index in [1.54, 1.807) is 0 Å². The van der Waals surface area contributed by atoms with E-state index in [4.69, 9.17) is 5.73 Å². The summed E-state index contributed by atoms with van der Waals surface area (Å²) < 4.78 is 0. The summed E-state index contributed by atoms with van der Waals surface area (Å²) >= 11 is 0. The highest BCUT2D eigenvalue weighted by molar-refractivity contribution is 5.91. The standard InChI is InChI=1S/C21H27N3O/c1-23-13-15-24-14-12-19(16-24)21(20(22)25,17-8-4-2-5-9-17)18-10-6-3-7-11-18/h2-11,19,23H,12-16H2,1H3,(H2,22,25). The Morgan fingerprint density at radius 2 is 1.68 bits per heavy atom. The maximum Gasteiger partial charge on any atom is 0.232 e. The highest BCUT2D eigenvalue weighted by atomic mass is 16.1. The molecule has 0 aliphatic carbocycles. The fourth-order valence-corrected chi connectivity index (χ4v) is 4.18. The van der Waals surface area contributed by atoms with Crippen molar-refractivity contribution in [3.05, 3.63) is 71.8 Å². The van der Waals surface area contributed by atoms with E-state index in [9.17, 15) is 4.79 Å². The second-order valence-electron chi connectivity index (χ2n) is 6.79. The van der Waals surface area contributed by atoms with Crippen molar-refractivity contribution >= 4 is 5.91 Å². The number of nitrogens with one attached hydrogen (secondary N) is 1. The van der Waals surface area contributed by atoms with Gasteiger partial charge in [-0.1, -0.05) is 60.7 Å². The number of benzene rings is 2. The summed E-state index contributed by atoms with van der Waals surface area (Å²) in [6.07, 6.45) is 0.969. The van der Waals surface area contributed by atoms with Crippen molar-refractivity contribution in [2.75, 3.05) is 33.2 Å². The summed E-state index contributed by atoms with van der Waals surface area (Å²) in [5, 5.41) is 3.20. The van der Waals surface area contributed by atoms with E-state index in [-0.39, 0.29) is 11.8 Å². The molecular weight excluding hydrogens is 310 g/mol. The van der Waals surface area contributed by atoms with Crippen LogP contribution in [-0.2, 0) is 10.2 Å². The van der Waals surface area contributed by atoms with Gasteiger partial charge in [-0.3, -0.25) is 4.79 Å². The molecule has 3 N–H and O–H groups in total. The third-order valence-corrected chi connectivity index (χ3v) is 5.41. The minimum Gasteiger partial charge on any atom is -0.369 e. The molecule has 2 aromatic rings. The summed E-state index contributed by atoms with van der Waals surface area (Å²) in [6, 6.07) is 20.1.